The minimum atomic E-state index is -0.458. The maximum absolute atomic E-state index is 11.8. The van der Waals surface area contributed by atoms with Gasteiger partial charge in [0.25, 0.3) is 0 Å². The number of anilines is 1. The van der Waals surface area contributed by atoms with Gasteiger partial charge in [0.05, 0.1) is 12.5 Å². The molecule has 1 saturated carbocycles. The predicted molar refractivity (Wildman–Crippen MR) is 94.8 cm³/mol. The molecule has 0 saturated heterocycles. The summed E-state index contributed by atoms with van der Waals surface area (Å²) in [6, 6.07) is 10.8. The number of ether oxygens (including phenoxy) is 1. The van der Waals surface area contributed by atoms with Gasteiger partial charge in [-0.05, 0) is 64.2 Å². The summed E-state index contributed by atoms with van der Waals surface area (Å²) in [4.78, 5) is 11.8. The fraction of sp³-hybridized carbons (Fsp3) is 0.579. The van der Waals surface area contributed by atoms with E-state index in [1.165, 1.54) is 0 Å². The van der Waals surface area contributed by atoms with E-state index < -0.39 is 5.60 Å². The molecule has 1 aliphatic carbocycles. The Morgan fingerprint density at radius 3 is 2.29 bits per heavy atom. The first-order valence-electron chi connectivity index (χ1n) is 8.57. The molecule has 1 fully saturated rings. The van der Waals surface area contributed by atoms with Crippen LogP contribution in [0.15, 0.2) is 24.3 Å². The molecule has 0 aromatic heterocycles. The lowest BCUT2D eigenvalue weighted by molar-refractivity contribution is 0.0492. The first-order valence-corrected chi connectivity index (χ1v) is 8.57. The van der Waals surface area contributed by atoms with Crippen molar-refractivity contribution in [3.05, 3.63) is 29.8 Å². The second-order valence-corrected chi connectivity index (χ2v) is 7.37. The van der Waals surface area contributed by atoms with Crippen LogP contribution < -0.4 is 10.6 Å². The first kappa shape index (κ1) is 18.1. The van der Waals surface area contributed by atoms with Gasteiger partial charge in [0.15, 0.2) is 0 Å². The van der Waals surface area contributed by atoms with Gasteiger partial charge < -0.3 is 15.4 Å². The summed E-state index contributed by atoms with van der Waals surface area (Å²) in [7, 11) is 0. The fourth-order valence-electron chi connectivity index (χ4n) is 2.90. The van der Waals surface area contributed by atoms with Crippen LogP contribution in [-0.4, -0.2) is 23.8 Å². The molecule has 0 radical (unpaired) electrons. The number of amides is 1. The summed E-state index contributed by atoms with van der Waals surface area (Å²) in [6.07, 6.45) is 4.04. The van der Waals surface area contributed by atoms with E-state index in [1.807, 2.05) is 45.0 Å². The highest BCUT2D eigenvalue weighted by atomic mass is 16.6. The average molecular weight is 329 g/mol. The Bertz CT molecular complexity index is 576. The van der Waals surface area contributed by atoms with Gasteiger partial charge in [0.2, 0.25) is 0 Å². The van der Waals surface area contributed by atoms with Gasteiger partial charge in [0.1, 0.15) is 5.60 Å². The Balaban J connectivity index is 1.74. The summed E-state index contributed by atoms with van der Waals surface area (Å²) in [5.41, 5.74) is 1.66. The van der Waals surface area contributed by atoms with Crippen molar-refractivity contribution in [3.63, 3.8) is 0 Å². The minimum absolute atomic E-state index is 0.191. The molecule has 5 nitrogen and oxygen atoms in total. The number of carbonyl (C=O) groups excluding carboxylic acids is 1. The zero-order valence-corrected chi connectivity index (χ0v) is 14.8. The second-order valence-electron chi connectivity index (χ2n) is 7.37. The first-order chi connectivity index (χ1) is 11.4. The molecule has 0 bridgehead atoms. The molecule has 1 aromatic rings. The highest BCUT2D eigenvalue weighted by Crippen LogP contribution is 2.23. The number of alkyl carbamates (subject to hydrolysis) is 1. The molecule has 5 heteroatoms. The van der Waals surface area contributed by atoms with Crippen LogP contribution in [0.25, 0.3) is 0 Å². The minimum Gasteiger partial charge on any atom is -0.444 e. The lowest BCUT2D eigenvalue weighted by Gasteiger charge is -2.31. The number of hydrogen-bond donors (Lipinski definition) is 2. The molecule has 0 unspecified atom stereocenters. The Morgan fingerprint density at radius 1 is 1.17 bits per heavy atom. The number of nitrogens with zero attached hydrogens (tertiary/aromatic N) is 1. The van der Waals surface area contributed by atoms with Crippen LogP contribution in [0.2, 0.25) is 0 Å². The van der Waals surface area contributed by atoms with Crippen molar-refractivity contribution in [1.82, 2.24) is 5.32 Å². The fourth-order valence-corrected chi connectivity index (χ4v) is 2.90. The predicted octanol–water partition coefficient (Wildman–Crippen LogP) is 4.00. The van der Waals surface area contributed by atoms with E-state index in [1.54, 1.807) is 0 Å². The summed E-state index contributed by atoms with van der Waals surface area (Å²) in [5.74, 6) is 0. The molecule has 24 heavy (non-hydrogen) atoms. The molecule has 0 spiro atoms. The molecule has 2 rings (SSSR count). The third-order valence-electron chi connectivity index (χ3n) is 4.06. The Hall–Kier alpha value is -2.22. The summed E-state index contributed by atoms with van der Waals surface area (Å²) in [6.45, 7) is 5.61. The topological polar surface area (TPSA) is 74.2 Å². The number of nitriles is 1. The van der Waals surface area contributed by atoms with Crippen LogP contribution in [0.3, 0.4) is 0 Å². The largest absolute Gasteiger partial charge is 0.444 e. The molecular formula is C19H27N3O2. The van der Waals surface area contributed by atoms with Gasteiger partial charge in [-0.25, -0.2) is 4.79 Å². The molecule has 1 aliphatic rings. The SMILES string of the molecule is CC(C)(C)OC(=O)NC1CCC(Nc2ccc(CC#N)cc2)CC1. The number of nitrogens with one attached hydrogen (secondary N) is 2. The number of rotatable bonds is 4. The molecule has 2 N–H and O–H groups in total. The molecule has 1 amide bonds. The van der Waals surface area contributed by atoms with Crippen LogP contribution >= 0.6 is 0 Å². The zero-order valence-electron chi connectivity index (χ0n) is 14.8. The lowest BCUT2D eigenvalue weighted by atomic mass is 9.91. The maximum Gasteiger partial charge on any atom is 0.407 e. The Labute approximate surface area is 144 Å². The second kappa shape index (κ2) is 8.05. The van der Waals surface area contributed by atoms with E-state index in [0.717, 1.165) is 36.9 Å². The van der Waals surface area contributed by atoms with E-state index in [2.05, 4.69) is 16.7 Å². The van der Waals surface area contributed by atoms with Crippen LogP contribution in [0.5, 0.6) is 0 Å². The van der Waals surface area contributed by atoms with Crippen molar-refractivity contribution >= 4 is 11.8 Å². The van der Waals surface area contributed by atoms with E-state index in [9.17, 15) is 4.79 Å². The van der Waals surface area contributed by atoms with Gasteiger partial charge >= 0.3 is 6.09 Å². The number of benzene rings is 1. The van der Waals surface area contributed by atoms with E-state index >= 15 is 0 Å². The van der Waals surface area contributed by atoms with Crippen molar-refractivity contribution in [2.45, 2.75) is 70.6 Å². The lowest BCUT2D eigenvalue weighted by Crippen LogP contribution is -2.42. The maximum atomic E-state index is 11.8. The van der Waals surface area contributed by atoms with Crippen LogP contribution in [0, 0.1) is 11.3 Å². The summed E-state index contributed by atoms with van der Waals surface area (Å²) < 4.78 is 5.31. The van der Waals surface area contributed by atoms with E-state index in [4.69, 9.17) is 10.00 Å². The van der Waals surface area contributed by atoms with Crippen molar-refractivity contribution in [1.29, 1.82) is 5.26 Å². The smallest absolute Gasteiger partial charge is 0.407 e. The Kier molecular flexibility index (Phi) is 6.08. The van der Waals surface area contributed by atoms with E-state index in [0.29, 0.717) is 12.5 Å². The van der Waals surface area contributed by atoms with Gasteiger partial charge in [-0.1, -0.05) is 12.1 Å². The van der Waals surface area contributed by atoms with E-state index in [-0.39, 0.29) is 12.1 Å². The highest BCUT2D eigenvalue weighted by molar-refractivity contribution is 5.68. The summed E-state index contributed by atoms with van der Waals surface area (Å²) >= 11 is 0. The van der Waals surface area contributed by atoms with Gasteiger partial charge in [-0.15, -0.1) is 0 Å². The zero-order chi connectivity index (χ0) is 17.6. The molecule has 1 aromatic carbocycles. The van der Waals surface area contributed by atoms with Gasteiger partial charge in [0, 0.05) is 17.8 Å². The van der Waals surface area contributed by atoms with Crippen molar-refractivity contribution in [2.24, 2.45) is 0 Å². The third-order valence-corrected chi connectivity index (χ3v) is 4.06. The molecule has 0 aliphatic heterocycles. The summed E-state index contributed by atoms with van der Waals surface area (Å²) in [5, 5.41) is 15.2. The highest BCUT2D eigenvalue weighted by Gasteiger charge is 2.24. The van der Waals surface area contributed by atoms with Gasteiger partial charge in [-0.3, -0.25) is 0 Å². The molecular weight excluding hydrogens is 302 g/mol. The molecule has 130 valence electrons. The quantitative estimate of drug-likeness (QED) is 0.875. The monoisotopic (exact) mass is 329 g/mol. The van der Waals surface area contributed by atoms with Crippen molar-refractivity contribution in [2.75, 3.05) is 5.32 Å². The van der Waals surface area contributed by atoms with Gasteiger partial charge in [-0.2, -0.15) is 5.26 Å². The van der Waals surface area contributed by atoms with Crippen molar-refractivity contribution < 1.29 is 9.53 Å². The van der Waals surface area contributed by atoms with Crippen LogP contribution in [0.4, 0.5) is 10.5 Å². The van der Waals surface area contributed by atoms with Crippen LogP contribution in [-0.2, 0) is 11.2 Å². The standard InChI is InChI=1S/C19H27N3O2/c1-19(2,3)24-18(23)22-17-10-8-16(9-11-17)21-15-6-4-14(5-7-15)12-13-20/h4-7,16-17,21H,8-12H2,1-3H3,(H,22,23). The molecule has 0 atom stereocenters. The van der Waals surface area contributed by atoms with Crippen molar-refractivity contribution in [3.8, 4) is 6.07 Å². The number of carbonyl (C=O) groups is 1. The number of hydrogen-bond acceptors (Lipinski definition) is 4. The average Bonchev–Trinajstić information content (AvgIpc) is 2.49. The Morgan fingerprint density at radius 2 is 1.75 bits per heavy atom. The normalized spacial score (nSPS) is 20.8. The van der Waals surface area contributed by atoms with Crippen LogP contribution in [0.1, 0.15) is 52.0 Å². The third kappa shape index (κ3) is 6.11. The molecule has 0 heterocycles.